The summed E-state index contributed by atoms with van der Waals surface area (Å²) >= 11 is 0. The van der Waals surface area contributed by atoms with E-state index >= 15 is 0 Å². The highest BCUT2D eigenvalue weighted by Gasteiger charge is 2.56. The van der Waals surface area contributed by atoms with Crippen LogP contribution < -0.4 is 0 Å². The normalized spacial score (nSPS) is 18.6. The molecule has 0 bridgehead atoms. The summed E-state index contributed by atoms with van der Waals surface area (Å²) in [6.07, 6.45) is -0.0234. The number of aromatic hydroxyl groups is 2. The topological polar surface area (TPSA) is 40.5 Å². The van der Waals surface area contributed by atoms with Crippen molar-refractivity contribution in [2.24, 2.45) is 5.92 Å². The molecule has 5 heteroatoms. The quantitative estimate of drug-likeness (QED) is 0.636. The zero-order valence-corrected chi connectivity index (χ0v) is 16.9. The van der Waals surface area contributed by atoms with E-state index in [0.717, 1.165) is 0 Å². The van der Waals surface area contributed by atoms with E-state index in [1.807, 2.05) is 0 Å². The Morgan fingerprint density at radius 3 is 1.55 bits per heavy atom. The maximum atomic E-state index is 14.4. The first-order valence-corrected chi connectivity index (χ1v) is 9.29. The van der Waals surface area contributed by atoms with E-state index in [4.69, 9.17) is 0 Å². The van der Waals surface area contributed by atoms with Crippen molar-refractivity contribution in [1.29, 1.82) is 0 Å². The van der Waals surface area contributed by atoms with Gasteiger partial charge in [-0.15, -0.1) is 0 Å². The molecule has 0 spiro atoms. The highest BCUT2D eigenvalue weighted by molar-refractivity contribution is 5.58. The van der Waals surface area contributed by atoms with Crippen LogP contribution in [0, 0.1) is 40.5 Å². The second-order valence-corrected chi connectivity index (χ2v) is 7.86. The number of alkyl halides is 3. The van der Waals surface area contributed by atoms with Crippen molar-refractivity contribution in [1.82, 2.24) is 0 Å². The summed E-state index contributed by atoms with van der Waals surface area (Å²) < 4.78 is 43.2. The van der Waals surface area contributed by atoms with E-state index in [0.29, 0.717) is 33.4 Å². The lowest BCUT2D eigenvalue weighted by molar-refractivity contribution is -0.173. The van der Waals surface area contributed by atoms with Crippen LogP contribution in [0.25, 0.3) is 0 Å². The number of halogens is 3. The van der Waals surface area contributed by atoms with Gasteiger partial charge in [-0.3, -0.25) is 0 Å². The van der Waals surface area contributed by atoms with Crippen molar-refractivity contribution in [2.75, 3.05) is 0 Å². The van der Waals surface area contributed by atoms with Crippen LogP contribution in [-0.4, -0.2) is 16.4 Å². The lowest BCUT2D eigenvalue weighted by Gasteiger charge is -2.43. The van der Waals surface area contributed by atoms with Crippen molar-refractivity contribution < 1.29 is 23.4 Å². The molecule has 0 heterocycles. The molecule has 1 radical (unpaired) electrons. The minimum atomic E-state index is -4.56. The van der Waals surface area contributed by atoms with Crippen molar-refractivity contribution >= 4 is 0 Å². The fourth-order valence-corrected chi connectivity index (χ4v) is 4.36. The zero-order valence-electron chi connectivity index (χ0n) is 16.9. The molecule has 0 saturated carbocycles. The molecule has 2 aromatic carbocycles. The summed E-state index contributed by atoms with van der Waals surface area (Å²) in [6.45, 7) is 10.4. The second-order valence-electron chi connectivity index (χ2n) is 7.86. The van der Waals surface area contributed by atoms with E-state index in [9.17, 15) is 23.4 Å². The molecule has 153 valence electrons. The number of aryl methyl sites for hydroxylation is 4. The highest BCUT2D eigenvalue weighted by atomic mass is 19.4. The monoisotopic (exact) mass is 401 g/mol. The van der Waals surface area contributed by atoms with Gasteiger partial charge in [0.05, 0.1) is 11.3 Å². The number of allylic oxidation sites excluding steroid dienone is 4. The van der Waals surface area contributed by atoms with Gasteiger partial charge in [-0.25, -0.2) is 0 Å². The summed E-state index contributed by atoms with van der Waals surface area (Å²) in [7, 11) is 0. The fourth-order valence-electron chi connectivity index (χ4n) is 4.36. The third kappa shape index (κ3) is 3.33. The summed E-state index contributed by atoms with van der Waals surface area (Å²) in [5, 5.41) is 20.4. The molecule has 0 aromatic heterocycles. The smallest absolute Gasteiger partial charge is 0.396 e. The van der Waals surface area contributed by atoms with Crippen LogP contribution in [-0.2, 0) is 5.41 Å². The SMILES string of the molecule is [CH2]C1=CC=CC(c2cc(C)c(O)c(C)c2)(c2cc(C)c(O)c(C)c2)C1C(F)(F)F. The van der Waals surface area contributed by atoms with Gasteiger partial charge in [0.2, 0.25) is 0 Å². The average molecular weight is 401 g/mol. The number of hydrogen-bond acceptors (Lipinski definition) is 2. The average Bonchev–Trinajstić information content (AvgIpc) is 2.61. The molecule has 3 rings (SSSR count). The van der Waals surface area contributed by atoms with Crippen molar-refractivity contribution in [3.63, 3.8) is 0 Å². The molecule has 2 N–H and O–H groups in total. The third-order valence-corrected chi connectivity index (χ3v) is 5.76. The highest BCUT2D eigenvalue weighted by Crippen LogP contribution is 2.54. The largest absolute Gasteiger partial charge is 0.507 e. The molecular weight excluding hydrogens is 377 g/mol. The number of phenolic OH excluding ortho intramolecular Hbond substituents is 2. The van der Waals surface area contributed by atoms with Crippen LogP contribution in [0.15, 0.2) is 48.1 Å². The van der Waals surface area contributed by atoms with Crippen LogP contribution in [0.1, 0.15) is 33.4 Å². The minimum Gasteiger partial charge on any atom is -0.507 e. The van der Waals surface area contributed by atoms with Crippen molar-refractivity contribution in [3.8, 4) is 11.5 Å². The molecule has 1 atom stereocenters. The molecule has 1 aliphatic rings. The third-order valence-electron chi connectivity index (χ3n) is 5.76. The maximum Gasteiger partial charge on any atom is 0.396 e. The van der Waals surface area contributed by atoms with E-state index in [-0.39, 0.29) is 17.1 Å². The first-order chi connectivity index (χ1) is 13.4. The molecule has 0 fully saturated rings. The number of rotatable bonds is 2. The first-order valence-electron chi connectivity index (χ1n) is 9.29. The molecule has 29 heavy (non-hydrogen) atoms. The molecular formula is C24H24F3O2. The predicted molar refractivity (Wildman–Crippen MR) is 108 cm³/mol. The van der Waals surface area contributed by atoms with E-state index in [1.54, 1.807) is 64.1 Å². The number of phenols is 2. The molecule has 2 nitrogen and oxygen atoms in total. The Hall–Kier alpha value is -2.69. The summed E-state index contributed by atoms with van der Waals surface area (Å²) in [6, 6.07) is 6.39. The minimum absolute atomic E-state index is 0.0354. The predicted octanol–water partition coefficient (Wildman–Crippen LogP) is 6.13. The van der Waals surface area contributed by atoms with E-state index < -0.39 is 17.5 Å². The van der Waals surface area contributed by atoms with E-state index in [1.165, 1.54) is 6.08 Å². The Balaban J connectivity index is 2.46. The van der Waals surface area contributed by atoms with Crippen LogP contribution in [0.3, 0.4) is 0 Å². The molecule has 0 aliphatic heterocycles. The van der Waals surface area contributed by atoms with Gasteiger partial charge in [0.15, 0.2) is 0 Å². The van der Waals surface area contributed by atoms with Gasteiger partial charge in [0.1, 0.15) is 11.5 Å². The molecule has 1 unspecified atom stereocenters. The first kappa shape index (κ1) is 21.0. The van der Waals surface area contributed by atoms with Crippen LogP contribution >= 0.6 is 0 Å². The van der Waals surface area contributed by atoms with Gasteiger partial charge >= 0.3 is 6.18 Å². The van der Waals surface area contributed by atoms with Gasteiger partial charge in [0, 0.05) is 0 Å². The Labute approximate surface area is 169 Å². The summed E-state index contributed by atoms with van der Waals surface area (Å²) in [4.78, 5) is 0. The lowest BCUT2D eigenvalue weighted by atomic mass is 9.60. The van der Waals surface area contributed by atoms with Gasteiger partial charge in [-0.05, 0) is 68.0 Å². The van der Waals surface area contributed by atoms with Gasteiger partial charge < -0.3 is 10.2 Å². The Bertz CT molecular complexity index is 925. The summed E-state index contributed by atoms with van der Waals surface area (Å²) in [5.74, 6) is -1.75. The second kappa shape index (κ2) is 6.97. The molecule has 0 amide bonds. The number of hydrogen-bond donors (Lipinski definition) is 2. The Kier molecular flexibility index (Phi) is 5.06. The van der Waals surface area contributed by atoms with Gasteiger partial charge in [0.25, 0.3) is 0 Å². The standard InChI is InChI=1S/C24H24F3O2/c1-13-7-6-8-23(22(13)24(25,26)27,18-9-14(2)20(28)15(3)10-18)19-11-16(4)21(29)17(5)12-19/h6-12,22,28-29H,1H2,2-5H3. The number of benzene rings is 2. The van der Waals surface area contributed by atoms with Gasteiger partial charge in [-0.2, -0.15) is 13.2 Å². The maximum absolute atomic E-state index is 14.4. The van der Waals surface area contributed by atoms with Crippen molar-refractivity contribution in [2.45, 2.75) is 39.3 Å². The fraction of sp³-hybridized carbons (Fsp3) is 0.292. The van der Waals surface area contributed by atoms with Crippen LogP contribution in [0.2, 0.25) is 0 Å². The Morgan fingerprint density at radius 1 is 0.828 bits per heavy atom. The molecule has 1 aliphatic carbocycles. The van der Waals surface area contributed by atoms with E-state index in [2.05, 4.69) is 6.92 Å². The summed E-state index contributed by atoms with van der Waals surface area (Å²) in [5.41, 5.74) is 1.23. The molecule has 0 saturated heterocycles. The zero-order chi connectivity index (χ0) is 21.7. The molecule has 2 aromatic rings. The van der Waals surface area contributed by atoms with Crippen molar-refractivity contribution in [3.05, 3.63) is 88.4 Å². The van der Waals surface area contributed by atoms with Gasteiger partial charge in [-0.1, -0.05) is 48.1 Å². The Morgan fingerprint density at radius 2 is 1.21 bits per heavy atom. The van der Waals surface area contributed by atoms with Crippen LogP contribution in [0.5, 0.6) is 11.5 Å². The van der Waals surface area contributed by atoms with Crippen LogP contribution in [0.4, 0.5) is 13.2 Å². The lowest BCUT2D eigenvalue weighted by Crippen LogP contribution is -2.45.